The Morgan fingerprint density at radius 3 is 2.28 bits per heavy atom. The zero-order chi connectivity index (χ0) is 20.8. The monoisotopic (exact) mass is 471 g/mol. The molecule has 0 aromatic heterocycles. The first-order chi connectivity index (χ1) is 14.7. The molecule has 4 rings (SSSR count). The molecule has 0 saturated carbocycles. The van der Waals surface area contributed by atoms with Gasteiger partial charge in [0.2, 0.25) is 0 Å². The Bertz CT molecular complexity index is 989. The highest BCUT2D eigenvalue weighted by molar-refractivity contribution is 5.95. The van der Waals surface area contributed by atoms with Gasteiger partial charge in [0.15, 0.2) is 0 Å². The molecular formula is C26H31Cl2N3O. The molecule has 0 radical (unpaired) electrons. The predicted molar refractivity (Wildman–Crippen MR) is 137 cm³/mol. The molecule has 1 heterocycles. The van der Waals surface area contributed by atoms with Crippen LogP contribution in [-0.4, -0.2) is 23.9 Å². The lowest BCUT2D eigenvalue weighted by molar-refractivity contribution is 0.0713. The average Bonchev–Trinajstić information content (AvgIpc) is 2.83. The number of amides is 1. The standard InChI is InChI=1S/C26H29N3O.2ClH/c27-18-21-8-4-9-23(16-21)22-12-14-29(15-13-22)26(30)24-10-5-11-25(17-24)28-19-20-6-2-1-3-7-20;;/h1-11,16-17,22,28H,12-15,18-19,27H2;2*1H. The number of hydrogen-bond acceptors (Lipinski definition) is 3. The maximum Gasteiger partial charge on any atom is 0.253 e. The number of likely N-dealkylation sites (tertiary alicyclic amines) is 1. The summed E-state index contributed by atoms with van der Waals surface area (Å²) in [5.41, 5.74) is 11.2. The molecule has 1 aliphatic heterocycles. The van der Waals surface area contributed by atoms with E-state index in [4.69, 9.17) is 5.73 Å². The Balaban J connectivity index is 0.00000181. The van der Waals surface area contributed by atoms with Crippen LogP contribution in [-0.2, 0) is 13.1 Å². The minimum atomic E-state index is 0. The van der Waals surface area contributed by atoms with Crippen LogP contribution in [0.25, 0.3) is 0 Å². The van der Waals surface area contributed by atoms with E-state index in [0.29, 0.717) is 12.5 Å². The van der Waals surface area contributed by atoms with Gasteiger partial charge in [-0.3, -0.25) is 4.79 Å². The summed E-state index contributed by atoms with van der Waals surface area (Å²) in [7, 11) is 0. The highest BCUT2D eigenvalue weighted by Crippen LogP contribution is 2.29. The van der Waals surface area contributed by atoms with Crippen molar-refractivity contribution in [3.05, 3.63) is 101 Å². The van der Waals surface area contributed by atoms with E-state index in [0.717, 1.165) is 43.7 Å². The molecule has 3 aromatic carbocycles. The van der Waals surface area contributed by atoms with Crippen LogP contribution in [0.5, 0.6) is 0 Å². The van der Waals surface area contributed by atoms with Gasteiger partial charge in [0.05, 0.1) is 0 Å². The molecule has 3 aromatic rings. The van der Waals surface area contributed by atoms with Gasteiger partial charge in [-0.25, -0.2) is 0 Å². The maximum atomic E-state index is 13.1. The number of nitrogens with two attached hydrogens (primary N) is 1. The van der Waals surface area contributed by atoms with Crippen LogP contribution in [0.4, 0.5) is 5.69 Å². The third-order valence-electron chi connectivity index (χ3n) is 5.89. The van der Waals surface area contributed by atoms with Crippen molar-refractivity contribution in [3.63, 3.8) is 0 Å². The number of piperidine rings is 1. The van der Waals surface area contributed by atoms with Crippen LogP contribution in [0.3, 0.4) is 0 Å². The zero-order valence-electron chi connectivity index (χ0n) is 18.1. The lowest BCUT2D eigenvalue weighted by Crippen LogP contribution is -2.37. The highest BCUT2D eigenvalue weighted by Gasteiger charge is 2.24. The second kappa shape index (κ2) is 12.5. The van der Waals surface area contributed by atoms with E-state index >= 15 is 0 Å². The van der Waals surface area contributed by atoms with E-state index in [9.17, 15) is 4.79 Å². The third kappa shape index (κ3) is 6.49. The van der Waals surface area contributed by atoms with Gasteiger partial charge in [0.25, 0.3) is 5.91 Å². The van der Waals surface area contributed by atoms with Crippen molar-refractivity contribution < 1.29 is 4.79 Å². The first-order valence-electron chi connectivity index (χ1n) is 10.7. The highest BCUT2D eigenvalue weighted by atomic mass is 35.5. The Hall–Kier alpha value is -2.53. The topological polar surface area (TPSA) is 58.4 Å². The van der Waals surface area contributed by atoms with Crippen LogP contribution in [0.15, 0.2) is 78.9 Å². The third-order valence-corrected chi connectivity index (χ3v) is 5.89. The van der Waals surface area contributed by atoms with Gasteiger partial charge in [-0.05, 0) is 53.6 Å². The Labute approximate surface area is 203 Å². The first-order valence-corrected chi connectivity index (χ1v) is 10.7. The zero-order valence-corrected chi connectivity index (χ0v) is 19.7. The first kappa shape index (κ1) is 25.7. The minimum Gasteiger partial charge on any atom is -0.381 e. The fraction of sp³-hybridized carbons (Fsp3) is 0.269. The summed E-state index contributed by atoms with van der Waals surface area (Å²) in [5.74, 6) is 0.618. The smallest absolute Gasteiger partial charge is 0.253 e. The van der Waals surface area contributed by atoms with Gasteiger partial charge in [-0.15, -0.1) is 24.8 Å². The van der Waals surface area contributed by atoms with Gasteiger partial charge in [-0.1, -0.05) is 60.7 Å². The number of hydrogen-bond donors (Lipinski definition) is 2. The van der Waals surface area contributed by atoms with Gasteiger partial charge in [0, 0.05) is 37.4 Å². The fourth-order valence-corrected chi connectivity index (χ4v) is 4.13. The molecule has 1 amide bonds. The van der Waals surface area contributed by atoms with Crippen LogP contribution in [0, 0.1) is 0 Å². The number of halogens is 2. The van der Waals surface area contributed by atoms with Crippen molar-refractivity contribution >= 4 is 36.4 Å². The SMILES string of the molecule is Cl.Cl.NCc1cccc(C2CCN(C(=O)c3cccc(NCc4ccccc4)c3)CC2)c1. The minimum absolute atomic E-state index is 0. The lowest BCUT2D eigenvalue weighted by atomic mass is 9.88. The van der Waals surface area contributed by atoms with Crippen molar-refractivity contribution in [3.8, 4) is 0 Å². The average molecular weight is 472 g/mol. The van der Waals surface area contributed by atoms with Crippen molar-refractivity contribution in [1.82, 2.24) is 4.90 Å². The summed E-state index contributed by atoms with van der Waals surface area (Å²) in [5, 5.41) is 3.42. The van der Waals surface area contributed by atoms with Crippen LogP contribution in [0.2, 0.25) is 0 Å². The van der Waals surface area contributed by atoms with E-state index < -0.39 is 0 Å². The fourth-order valence-electron chi connectivity index (χ4n) is 4.13. The van der Waals surface area contributed by atoms with Crippen molar-refractivity contribution in [2.75, 3.05) is 18.4 Å². The van der Waals surface area contributed by atoms with Gasteiger partial charge < -0.3 is 16.0 Å². The summed E-state index contributed by atoms with van der Waals surface area (Å²) in [6.45, 7) is 2.89. The summed E-state index contributed by atoms with van der Waals surface area (Å²) in [4.78, 5) is 15.0. The largest absolute Gasteiger partial charge is 0.381 e. The van der Waals surface area contributed by atoms with E-state index in [1.807, 2.05) is 47.4 Å². The summed E-state index contributed by atoms with van der Waals surface area (Å²) >= 11 is 0. The molecule has 170 valence electrons. The van der Waals surface area contributed by atoms with E-state index in [1.165, 1.54) is 16.7 Å². The number of rotatable bonds is 6. The van der Waals surface area contributed by atoms with Crippen LogP contribution >= 0.6 is 24.8 Å². The number of nitrogens with zero attached hydrogens (tertiary/aromatic N) is 1. The predicted octanol–water partition coefficient (Wildman–Crippen LogP) is 5.62. The number of anilines is 1. The molecule has 0 aliphatic carbocycles. The van der Waals surface area contributed by atoms with Gasteiger partial charge in [0.1, 0.15) is 0 Å². The number of nitrogens with one attached hydrogen (secondary N) is 1. The second-order valence-corrected chi connectivity index (χ2v) is 7.94. The van der Waals surface area contributed by atoms with Gasteiger partial charge in [-0.2, -0.15) is 0 Å². The van der Waals surface area contributed by atoms with Crippen molar-refractivity contribution in [2.45, 2.75) is 31.8 Å². The molecule has 0 unspecified atom stereocenters. The lowest BCUT2D eigenvalue weighted by Gasteiger charge is -2.32. The normalized spacial score (nSPS) is 13.6. The van der Waals surface area contributed by atoms with E-state index in [2.05, 4.69) is 41.7 Å². The van der Waals surface area contributed by atoms with Gasteiger partial charge >= 0.3 is 0 Å². The number of benzene rings is 3. The van der Waals surface area contributed by atoms with Crippen LogP contribution in [0.1, 0.15) is 45.8 Å². The van der Waals surface area contributed by atoms with Crippen molar-refractivity contribution in [2.24, 2.45) is 5.73 Å². The number of carbonyl (C=O) groups is 1. The van der Waals surface area contributed by atoms with E-state index in [-0.39, 0.29) is 30.7 Å². The molecule has 4 nitrogen and oxygen atoms in total. The molecule has 0 spiro atoms. The van der Waals surface area contributed by atoms with Crippen molar-refractivity contribution in [1.29, 1.82) is 0 Å². The molecular weight excluding hydrogens is 441 g/mol. The molecule has 1 fully saturated rings. The van der Waals surface area contributed by atoms with E-state index in [1.54, 1.807) is 0 Å². The number of carbonyl (C=O) groups excluding carboxylic acids is 1. The summed E-state index contributed by atoms with van der Waals surface area (Å²) in [6.07, 6.45) is 1.98. The molecule has 6 heteroatoms. The second-order valence-electron chi connectivity index (χ2n) is 7.94. The van der Waals surface area contributed by atoms with Crippen LogP contribution < -0.4 is 11.1 Å². The summed E-state index contributed by atoms with van der Waals surface area (Å²) < 4.78 is 0. The quantitative estimate of drug-likeness (QED) is 0.490. The Morgan fingerprint density at radius 1 is 0.875 bits per heavy atom. The Kier molecular flexibility index (Phi) is 10.0. The maximum absolute atomic E-state index is 13.1. The molecule has 0 atom stereocenters. The summed E-state index contributed by atoms with van der Waals surface area (Å²) in [6, 6.07) is 26.7. The molecule has 1 saturated heterocycles. The molecule has 32 heavy (non-hydrogen) atoms. The molecule has 0 bridgehead atoms. The molecule has 1 aliphatic rings. The molecule has 3 N–H and O–H groups in total. The Morgan fingerprint density at radius 2 is 1.56 bits per heavy atom.